The summed E-state index contributed by atoms with van der Waals surface area (Å²) in [5.74, 6) is -0.00531. The van der Waals surface area contributed by atoms with Crippen molar-refractivity contribution in [2.75, 3.05) is 18.1 Å². The average Bonchev–Trinajstić information content (AvgIpc) is 3.35. The minimum absolute atomic E-state index is 0.00531. The molecule has 5 nitrogen and oxygen atoms in total. The number of hydrogen-bond donors (Lipinski definition) is 0. The molecular weight excluding hydrogens is 358 g/mol. The summed E-state index contributed by atoms with van der Waals surface area (Å²) >= 11 is 1.53. The fourth-order valence-corrected chi connectivity index (χ4v) is 4.21. The largest absolute Gasteiger partial charge is 0.376 e. The molecule has 27 heavy (non-hydrogen) atoms. The van der Waals surface area contributed by atoms with Crippen LogP contribution in [-0.2, 0) is 16.0 Å². The summed E-state index contributed by atoms with van der Waals surface area (Å²) in [6.45, 7) is 1.27. The Kier molecular flexibility index (Phi) is 5.14. The predicted molar refractivity (Wildman–Crippen MR) is 106 cm³/mol. The van der Waals surface area contributed by atoms with Crippen LogP contribution in [0.25, 0.3) is 10.2 Å². The third kappa shape index (κ3) is 4.00. The molecule has 1 aliphatic heterocycles. The van der Waals surface area contributed by atoms with E-state index < -0.39 is 0 Å². The van der Waals surface area contributed by atoms with Gasteiger partial charge in [-0.3, -0.25) is 9.69 Å². The van der Waals surface area contributed by atoms with Crippen molar-refractivity contribution < 1.29 is 9.53 Å². The molecule has 0 N–H and O–H groups in total. The molecule has 1 fully saturated rings. The van der Waals surface area contributed by atoms with E-state index in [0.717, 1.165) is 35.2 Å². The van der Waals surface area contributed by atoms with Crippen molar-refractivity contribution in [2.45, 2.75) is 25.4 Å². The number of nitrogens with zero attached hydrogens (tertiary/aromatic N) is 3. The molecular formula is C21H19N3O2S. The van der Waals surface area contributed by atoms with Crippen LogP contribution >= 0.6 is 11.3 Å². The number of aromatic nitrogens is 1. The molecule has 136 valence electrons. The summed E-state index contributed by atoms with van der Waals surface area (Å²) in [5.41, 5.74) is 2.38. The zero-order chi connectivity index (χ0) is 18.6. The van der Waals surface area contributed by atoms with Gasteiger partial charge in [0.1, 0.15) is 0 Å². The van der Waals surface area contributed by atoms with Gasteiger partial charge < -0.3 is 4.74 Å². The zero-order valence-corrected chi connectivity index (χ0v) is 15.6. The van der Waals surface area contributed by atoms with Crippen molar-refractivity contribution in [3.8, 4) is 6.07 Å². The Hall–Kier alpha value is -2.75. The maximum absolute atomic E-state index is 13.1. The predicted octanol–water partition coefficient (Wildman–Crippen LogP) is 3.92. The Bertz CT molecular complexity index is 952. The number of ether oxygens (including phenoxy) is 1. The number of para-hydroxylation sites is 1. The number of rotatable bonds is 5. The van der Waals surface area contributed by atoms with Gasteiger partial charge in [-0.15, -0.1) is 0 Å². The first-order chi connectivity index (χ1) is 13.2. The highest BCUT2D eigenvalue weighted by atomic mass is 32.1. The Morgan fingerprint density at radius 1 is 1.26 bits per heavy atom. The second kappa shape index (κ2) is 7.87. The Balaban J connectivity index is 1.59. The molecule has 0 bridgehead atoms. The molecule has 2 aromatic carbocycles. The van der Waals surface area contributed by atoms with E-state index in [0.29, 0.717) is 17.2 Å². The van der Waals surface area contributed by atoms with E-state index >= 15 is 0 Å². The van der Waals surface area contributed by atoms with Gasteiger partial charge in [0, 0.05) is 6.61 Å². The first-order valence-corrected chi connectivity index (χ1v) is 9.81. The molecule has 4 rings (SSSR count). The lowest BCUT2D eigenvalue weighted by Crippen LogP contribution is -2.38. The number of hydrogen-bond acceptors (Lipinski definition) is 5. The summed E-state index contributed by atoms with van der Waals surface area (Å²) < 4.78 is 6.82. The minimum atomic E-state index is -0.00531. The van der Waals surface area contributed by atoms with E-state index in [1.165, 1.54) is 11.3 Å². The number of benzene rings is 2. The molecule has 6 heteroatoms. The van der Waals surface area contributed by atoms with Crippen LogP contribution in [0.3, 0.4) is 0 Å². The van der Waals surface area contributed by atoms with Crippen LogP contribution in [0.2, 0.25) is 0 Å². The standard InChI is InChI=1S/C21H19N3O2S/c22-13-16-9-7-15(8-10-16)12-20(25)24(14-17-4-3-11-26-17)21-23-18-5-1-2-6-19(18)27-21/h1-2,5-10,17H,3-4,11-12,14H2/t17-/m0/s1. The molecule has 0 aliphatic carbocycles. The highest BCUT2D eigenvalue weighted by Crippen LogP contribution is 2.30. The van der Waals surface area contributed by atoms with E-state index in [4.69, 9.17) is 10.00 Å². The summed E-state index contributed by atoms with van der Waals surface area (Å²) in [6.07, 6.45) is 2.32. The maximum atomic E-state index is 13.1. The third-order valence-electron chi connectivity index (χ3n) is 4.66. The molecule has 1 saturated heterocycles. The second-order valence-electron chi connectivity index (χ2n) is 6.59. The van der Waals surface area contributed by atoms with E-state index in [2.05, 4.69) is 11.1 Å². The highest BCUT2D eigenvalue weighted by molar-refractivity contribution is 7.22. The van der Waals surface area contributed by atoms with Crippen molar-refractivity contribution in [3.63, 3.8) is 0 Å². The van der Waals surface area contributed by atoms with Gasteiger partial charge in [0.25, 0.3) is 0 Å². The van der Waals surface area contributed by atoms with Gasteiger partial charge in [0.15, 0.2) is 5.13 Å². The van der Waals surface area contributed by atoms with Crippen molar-refractivity contribution in [3.05, 3.63) is 59.7 Å². The zero-order valence-electron chi connectivity index (χ0n) is 14.8. The fourth-order valence-electron chi connectivity index (χ4n) is 3.22. The Labute approximate surface area is 161 Å². The lowest BCUT2D eigenvalue weighted by atomic mass is 10.1. The Morgan fingerprint density at radius 3 is 2.78 bits per heavy atom. The van der Waals surface area contributed by atoms with Gasteiger partial charge in [-0.1, -0.05) is 35.6 Å². The van der Waals surface area contributed by atoms with Gasteiger partial charge in [-0.05, 0) is 42.7 Å². The van der Waals surface area contributed by atoms with Gasteiger partial charge in [0.05, 0.1) is 40.9 Å². The van der Waals surface area contributed by atoms with Crippen molar-refractivity contribution in [2.24, 2.45) is 0 Å². The maximum Gasteiger partial charge on any atom is 0.233 e. The van der Waals surface area contributed by atoms with Gasteiger partial charge >= 0.3 is 0 Å². The fraction of sp³-hybridized carbons (Fsp3) is 0.286. The highest BCUT2D eigenvalue weighted by Gasteiger charge is 2.26. The lowest BCUT2D eigenvalue weighted by molar-refractivity contribution is -0.118. The quantitative estimate of drug-likeness (QED) is 0.676. The number of amides is 1. The van der Waals surface area contributed by atoms with Crippen LogP contribution in [-0.4, -0.2) is 30.1 Å². The number of carbonyl (C=O) groups is 1. The van der Waals surface area contributed by atoms with E-state index in [1.807, 2.05) is 36.4 Å². The molecule has 0 unspecified atom stereocenters. The summed E-state index contributed by atoms with van der Waals surface area (Å²) in [4.78, 5) is 19.5. The minimum Gasteiger partial charge on any atom is -0.376 e. The average molecular weight is 377 g/mol. The van der Waals surface area contributed by atoms with E-state index in [-0.39, 0.29) is 18.4 Å². The number of carbonyl (C=O) groups excluding carboxylic acids is 1. The summed E-state index contributed by atoms with van der Waals surface area (Å²) in [5, 5.41) is 9.64. The monoisotopic (exact) mass is 377 g/mol. The third-order valence-corrected chi connectivity index (χ3v) is 5.72. The molecule has 0 saturated carbocycles. The summed E-state index contributed by atoms with van der Waals surface area (Å²) in [6, 6.07) is 17.2. The number of anilines is 1. The molecule has 0 spiro atoms. The van der Waals surface area contributed by atoms with Crippen molar-refractivity contribution >= 4 is 32.6 Å². The SMILES string of the molecule is N#Cc1ccc(CC(=O)N(C[C@@H]2CCCO2)c2nc3ccccc3s2)cc1. The van der Waals surface area contributed by atoms with Crippen LogP contribution < -0.4 is 4.90 Å². The summed E-state index contributed by atoms with van der Waals surface area (Å²) in [7, 11) is 0. The smallest absolute Gasteiger partial charge is 0.233 e. The first-order valence-electron chi connectivity index (χ1n) is 8.99. The molecule has 3 aromatic rings. The normalized spacial score (nSPS) is 16.3. The first kappa shape index (κ1) is 17.7. The molecule has 2 heterocycles. The van der Waals surface area contributed by atoms with Crippen LogP contribution in [0.1, 0.15) is 24.0 Å². The molecule has 1 aliphatic rings. The van der Waals surface area contributed by atoms with Crippen LogP contribution in [0.15, 0.2) is 48.5 Å². The van der Waals surface area contributed by atoms with Crippen LogP contribution in [0.5, 0.6) is 0 Å². The molecule has 1 aromatic heterocycles. The van der Waals surface area contributed by atoms with Crippen molar-refractivity contribution in [1.29, 1.82) is 5.26 Å². The second-order valence-corrected chi connectivity index (χ2v) is 7.60. The molecule has 1 amide bonds. The Morgan fingerprint density at radius 2 is 2.07 bits per heavy atom. The van der Waals surface area contributed by atoms with Gasteiger partial charge in [-0.25, -0.2) is 4.98 Å². The van der Waals surface area contributed by atoms with E-state index in [9.17, 15) is 4.79 Å². The lowest BCUT2D eigenvalue weighted by Gasteiger charge is -2.23. The number of nitriles is 1. The van der Waals surface area contributed by atoms with Crippen LogP contribution in [0, 0.1) is 11.3 Å². The topological polar surface area (TPSA) is 66.2 Å². The van der Waals surface area contributed by atoms with Gasteiger partial charge in [0.2, 0.25) is 5.91 Å². The van der Waals surface area contributed by atoms with Crippen LogP contribution in [0.4, 0.5) is 5.13 Å². The number of fused-ring (bicyclic) bond motifs is 1. The van der Waals surface area contributed by atoms with Crippen molar-refractivity contribution in [1.82, 2.24) is 4.98 Å². The molecule has 1 atom stereocenters. The van der Waals surface area contributed by atoms with E-state index in [1.54, 1.807) is 17.0 Å². The number of thiazole rings is 1. The van der Waals surface area contributed by atoms with Gasteiger partial charge in [-0.2, -0.15) is 5.26 Å². The molecule has 0 radical (unpaired) electrons.